The maximum absolute atomic E-state index is 12.0. The number of hydrogen-bond acceptors (Lipinski definition) is 4. The summed E-state index contributed by atoms with van der Waals surface area (Å²) in [5.74, 6) is -0.977. The van der Waals surface area contributed by atoms with Crippen molar-refractivity contribution in [2.24, 2.45) is 0 Å². The first-order chi connectivity index (χ1) is 11.0. The van der Waals surface area contributed by atoms with Gasteiger partial charge < -0.3 is 15.2 Å². The molecular formula is C18H19NO4. The van der Waals surface area contributed by atoms with Crippen molar-refractivity contribution in [2.75, 3.05) is 5.32 Å². The smallest absolute Gasteiger partial charge is 0.338 e. The van der Waals surface area contributed by atoms with Gasteiger partial charge in [0.1, 0.15) is 0 Å². The molecule has 0 aliphatic carbocycles. The summed E-state index contributed by atoms with van der Waals surface area (Å²) in [6.07, 6.45) is -0.915. The monoisotopic (exact) mass is 313 g/mol. The van der Waals surface area contributed by atoms with Crippen molar-refractivity contribution in [3.05, 3.63) is 65.2 Å². The Morgan fingerprint density at radius 2 is 1.70 bits per heavy atom. The third-order valence-electron chi connectivity index (χ3n) is 3.34. The molecule has 0 fully saturated rings. The molecule has 5 heteroatoms. The molecule has 2 aromatic rings. The lowest BCUT2D eigenvalue weighted by Crippen LogP contribution is -2.30. The van der Waals surface area contributed by atoms with E-state index in [1.165, 1.54) is 6.92 Å². The van der Waals surface area contributed by atoms with Crippen molar-refractivity contribution < 1.29 is 19.4 Å². The number of aryl methyl sites for hydroxylation is 1. The number of amides is 1. The highest BCUT2D eigenvalue weighted by Crippen LogP contribution is 2.11. The van der Waals surface area contributed by atoms with Crippen molar-refractivity contribution >= 4 is 17.6 Å². The Labute approximate surface area is 134 Å². The molecule has 0 aliphatic heterocycles. The van der Waals surface area contributed by atoms with Gasteiger partial charge in [-0.3, -0.25) is 4.79 Å². The number of hydrogen-bond donors (Lipinski definition) is 2. The van der Waals surface area contributed by atoms with E-state index >= 15 is 0 Å². The van der Waals surface area contributed by atoms with Gasteiger partial charge in [-0.1, -0.05) is 29.8 Å². The average molecular weight is 313 g/mol. The summed E-state index contributed by atoms with van der Waals surface area (Å²) in [5.41, 5.74) is 2.77. The molecule has 0 heterocycles. The van der Waals surface area contributed by atoms with Crippen LogP contribution in [0.4, 0.5) is 5.69 Å². The summed E-state index contributed by atoms with van der Waals surface area (Å²) in [5, 5.41) is 11.7. The summed E-state index contributed by atoms with van der Waals surface area (Å²) < 4.78 is 5.15. The Morgan fingerprint density at radius 1 is 1.09 bits per heavy atom. The van der Waals surface area contributed by atoms with E-state index in [2.05, 4.69) is 5.32 Å². The standard InChI is InChI=1S/C18H19NO4/c1-12-3-9-16(10-4-12)19-17(21)13(2)23-18(22)15-7-5-14(11-20)6-8-15/h3-10,13,20H,11H2,1-2H3,(H,19,21)/t13-/m1/s1. The van der Waals surface area contributed by atoms with Crippen molar-refractivity contribution in [1.82, 2.24) is 0 Å². The van der Waals surface area contributed by atoms with Crippen LogP contribution in [0.2, 0.25) is 0 Å². The van der Waals surface area contributed by atoms with Crippen molar-refractivity contribution in [3.8, 4) is 0 Å². The Kier molecular flexibility index (Phi) is 5.49. The van der Waals surface area contributed by atoms with Crippen molar-refractivity contribution in [3.63, 3.8) is 0 Å². The van der Waals surface area contributed by atoms with Gasteiger partial charge >= 0.3 is 5.97 Å². The van der Waals surface area contributed by atoms with E-state index in [1.54, 1.807) is 36.4 Å². The molecule has 0 radical (unpaired) electrons. The fourth-order valence-corrected chi connectivity index (χ4v) is 1.91. The fraction of sp³-hybridized carbons (Fsp3) is 0.222. The van der Waals surface area contributed by atoms with Gasteiger partial charge in [-0.2, -0.15) is 0 Å². The summed E-state index contributed by atoms with van der Waals surface area (Å²) in [7, 11) is 0. The topological polar surface area (TPSA) is 75.6 Å². The molecule has 23 heavy (non-hydrogen) atoms. The SMILES string of the molecule is Cc1ccc(NC(=O)[C@@H](C)OC(=O)c2ccc(CO)cc2)cc1. The Bertz CT molecular complexity index is 677. The number of rotatable bonds is 5. The van der Waals surface area contributed by atoms with Gasteiger partial charge in [-0.15, -0.1) is 0 Å². The summed E-state index contributed by atoms with van der Waals surface area (Å²) >= 11 is 0. The maximum atomic E-state index is 12.0. The zero-order chi connectivity index (χ0) is 16.8. The maximum Gasteiger partial charge on any atom is 0.338 e. The predicted molar refractivity (Wildman–Crippen MR) is 87.1 cm³/mol. The molecule has 2 rings (SSSR count). The highest BCUT2D eigenvalue weighted by atomic mass is 16.5. The molecule has 5 nitrogen and oxygen atoms in total. The van der Waals surface area contributed by atoms with Crippen LogP contribution in [-0.2, 0) is 16.1 Å². The Hall–Kier alpha value is -2.66. The highest BCUT2D eigenvalue weighted by Gasteiger charge is 2.19. The minimum atomic E-state index is -0.915. The largest absolute Gasteiger partial charge is 0.449 e. The third kappa shape index (κ3) is 4.66. The molecule has 120 valence electrons. The first kappa shape index (κ1) is 16.7. The number of anilines is 1. The van der Waals surface area contributed by atoms with E-state index < -0.39 is 18.0 Å². The zero-order valence-corrected chi connectivity index (χ0v) is 13.1. The van der Waals surface area contributed by atoms with Crippen LogP contribution < -0.4 is 5.32 Å². The van der Waals surface area contributed by atoms with Crippen LogP contribution in [0, 0.1) is 6.92 Å². The van der Waals surface area contributed by atoms with Crippen molar-refractivity contribution in [1.29, 1.82) is 0 Å². The van der Waals surface area contributed by atoms with E-state index in [9.17, 15) is 9.59 Å². The molecule has 2 aromatic carbocycles. The lowest BCUT2D eigenvalue weighted by atomic mass is 10.1. The average Bonchev–Trinajstić information content (AvgIpc) is 2.56. The van der Waals surface area contributed by atoms with E-state index in [1.807, 2.05) is 19.1 Å². The zero-order valence-electron chi connectivity index (χ0n) is 13.1. The minimum absolute atomic E-state index is 0.0926. The molecule has 0 spiro atoms. The van der Waals surface area contributed by atoms with Gasteiger partial charge in [-0.25, -0.2) is 4.79 Å². The van der Waals surface area contributed by atoms with E-state index in [0.29, 0.717) is 16.8 Å². The van der Waals surface area contributed by atoms with Crippen LogP contribution in [-0.4, -0.2) is 23.1 Å². The number of esters is 1. The second-order valence-electron chi connectivity index (χ2n) is 5.26. The number of carbonyl (C=O) groups excluding carboxylic acids is 2. The number of aliphatic hydroxyl groups is 1. The Morgan fingerprint density at radius 3 is 2.26 bits per heavy atom. The molecule has 2 N–H and O–H groups in total. The summed E-state index contributed by atoms with van der Waals surface area (Å²) in [4.78, 5) is 24.0. The second kappa shape index (κ2) is 7.56. The molecule has 0 saturated carbocycles. The number of carbonyl (C=O) groups is 2. The van der Waals surface area contributed by atoms with Crippen LogP contribution in [0.5, 0.6) is 0 Å². The van der Waals surface area contributed by atoms with E-state index in [4.69, 9.17) is 9.84 Å². The summed E-state index contributed by atoms with van der Waals surface area (Å²) in [6.45, 7) is 3.38. The molecule has 1 amide bonds. The molecule has 0 unspecified atom stereocenters. The Balaban J connectivity index is 1.94. The summed E-state index contributed by atoms with van der Waals surface area (Å²) in [6, 6.07) is 13.7. The van der Waals surface area contributed by atoms with Gasteiger partial charge in [0, 0.05) is 5.69 Å². The fourth-order valence-electron chi connectivity index (χ4n) is 1.91. The van der Waals surface area contributed by atoms with E-state index in [-0.39, 0.29) is 6.61 Å². The molecule has 0 saturated heterocycles. The first-order valence-corrected chi connectivity index (χ1v) is 7.28. The minimum Gasteiger partial charge on any atom is -0.449 e. The number of ether oxygens (including phenoxy) is 1. The van der Waals surface area contributed by atoms with Gasteiger partial charge in [-0.05, 0) is 43.7 Å². The lowest BCUT2D eigenvalue weighted by molar-refractivity contribution is -0.123. The molecule has 0 aromatic heterocycles. The van der Waals surface area contributed by atoms with Crippen LogP contribution >= 0.6 is 0 Å². The lowest BCUT2D eigenvalue weighted by Gasteiger charge is -2.13. The molecule has 0 bridgehead atoms. The molecule has 1 atom stereocenters. The van der Waals surface area contributed by atoms with Crippen LogP contribution in [0.1, 0.15) is 28.4 Å². The number of nitrogens with one attached hydrogen (secondary N) is 1. The van der Waals surface area contributed by atoms with Crippen molar-refractivity contribution in [2.45, 2.75) is 26.6 Å². The van der Waals surface area contributed by atoms with Gasteiger partial charge in [0.2, 0.25) is 0 Å². The van der Waals surface area contributed by atoms with Crippen LogP contribution in [0.15, 0.2) is 48.5 Å². The molecular weight excluding hydrogens is 294 g/mol. The first-order valence-electron chi connectivity index (χ1n) is 7.28. The molecule has 0 aliphatic rings. The predicted octanol–water partition coefficient (Wildman–Crippen LogP) is 2.67. The van der Waals surface area contributed by atoms with Gasteiger partial charge in [0.15, 0.2) is 6.10 Å². The third-order valence-corrected chi connectivity index (χ3v) is 3.34. The van der Waals surface area contributed by atoms with Gasteiger partial charge in [0.05, 0.1) is 12.2 Å². The normalized spacial score (nSPS) is 11.6. The second-order valence-corrected chi connectivity index (χ2v) is 5.26. The van der Waals surface area contributed by atoms with Crippen LogP contribution in [0.3, 0.4) is 0 Å². The van der Waals surface area contributed by atoms with Crippen LogP contribution in [0.25, 0.3) is 0 Å². The van der Waals surface area contributed by atoms with E-state index in [0.717, 1.165) is 5.56 Å². The highest BCUT2D eigenvalue weighted by molar-refractivity contribution is 5.97. The number of benzene rings is 2. The number of aliphatic hydroxyl groups excluding tert-OH is 1. The quantitative estimate of drug-likeness (QED) is 0.832. The van der Waals surface area contributed by atoms with Gasteiger partial charge in [0.25, 0.3) is 5.91 Å².